The van der Waals surface area contributed by atoms with Gasteiger partial charge in [0.25, 0.3) is 10.0 Å². The molecule has 4 nitrogen and oxygen atoms in total. The Bertz CT molecular complexity index is 783. The Morgan fingerprint density at radius 3 is 2.55 bits per heavy atom. The van der Waals surface area contributed by atoms with Gasteiger partial charge >= 0.3 is 0 Å². The summed E-state index contributed by atoms with van der Waals surface area (Å²) in [5.41, 5.74) is 9.30. The Labute approximate surface area is 131 Å². The molecule has 3 rings (SSSR count). The quantitative estimate of drug-likeness (QED) is 0.882. The number of nitrogens with zero attached hydrogens (tertiary/aromatic N) is 1. The fourth-order valence-corrected chi connectivity index (χ4v) is 4.46. The van der Waals surface area contributed by atoms with Gasteiger partial charge in [-0.1, -0.05) is 37.6 Å². The van der Waals surface area contributed by atoms with Crippen LogP contribution in [0.2, 0.25) is 0 Å². The number of rotatable bonds is 4. The molecule has 0 atom stereocenters. The highest BCUT2D eigenvalue weighted by molar-refractivity contribution is 7.92. The molecule has 2 N–H and O–H groups in total. The SMILES string of the molecule is CCCc1ccc(S(=O)(=O)N2CCc3cccc(N)c32)cc1. The van der Waals surface area contributed by atoms with Crippen molar-refractivity contribution < 1.29 is 8.42 Å². The van der Waals surface area contributed by atoms with Crippen molar-refractivity contribution in [1.82, 2.24) is 0 Å². The molecule has 1 aliphatic rings. The average molecular weight is 316 g/mol. The summed E-state index contributed by atoms with van der Waals surface area (Å²) in [5.74, 6) is 0. The molecule has 5 heteroatoms. The van der Waals surface area contributed by atoms with E-state index in [0.717, 1.165) is 24.0 Å². The first-order chi connectivity index (χ1) is 10.5. The molecular formula is C17H20N2O2S. The van der Waals surface area contributed by atoms with Crippen molar-refractivity contribution in [1.29, 1.82) is 0 Å². The molecule has 116 valence electrons. The van der Waals surface area contributed by atoms with E-state index in [0.29, 0.717) is 29.2 Å². The van der Waals surface area contributed by atoms with E-state index < -0.39 is 10.0 Å². The lowest BCUT2D eigenvalue weighted by Crippen LogP contribution is -2.29. The molecule has 0 aliphatic carbocycles. The molecule has 0 bridgehead atoms. The van der Waals surface area contributed by atoms with Gasteiger partial charge in [-0.15, -0.1) is 0 Å². The van der Waals surface area contributed by atoms with Crippen molar-refractivity contribution in [2.24, 2.45) is 0 Å². The van der Waals surface area contributed by atoms with Crippen molar-refractivity contribution in [3.05, 3.63) is 53.6 Å². The molecule has 1 heterocycles. The molecule has 0 saturated heterocycles. The molecule has 0 radical (unpaired) electrons. The van der Waals surface area contributed by atoms with Gasteiger partial charge in [0.2, 0.25) is 0 Å². The topological polar surface area (TPSA) is 63.4 Å². The first-order valence-corrected chi connectivity index (χ1v) is 8.97. The maximum absolute atomic E-state index is 12.9. The molecule has 0 saturated carbocycles. The maximum atomic E-state index is 12.9. The van der Waals surface area contributed by atoms with Crippen molar-refractivity contribution >= 4 is 21.4 Å². The van der Waals surface area contributed by atoms with Crippen LogP contribution in [-0.2, 0) is 22.9 Å². The normalized spacial score (nSPS) is 14.1. The smallest absolute Gasteiger partial charge is 0.264 e. The van der Waals surface area contributed by atoms with Crippen LogP contribution in [0.4, 0.5) is 11.4 Å². The molecule has 0 aromatic heterocycles. The van der Waals surface area contributed by atoms with Gasteiger partial charge in [0.05, 0.1) is 16.3 Å². The standard InChI is InChI=1S/C17H20N2O2S/c1-2-4-13-7-9-15(10-8-13)22(20,21)19-12-11-14-5-3-6-16(18)17(14)19/h3,5-10H,2,4,11-12,18H2,1H3. The van der Waals surface area contributed by atoms with Gasteiger partial charge in [-0.05, 0) is 42.2 Å². The fraction of sp³-hybridized carbons (Fsp3) is 0.294. The third-order valence-electron chi connectivity index (χ3n) is 4.03. The molecule has 22 heavy (non-hydrogen) atoms. The lowest BCUT2D eigenvalue weighted by molar-refractivity contribution is 0.592. The van der Waals surface area contributed by atoms with E-state index in [4.69, 9.17) is 5.73 Å². The highest BCUT2D eigenvalue weighted by Gasteiger charge is 2.32. The van der Waals surface area contributed by atoms with Crippen LogP contribution < -0.4 is 10.0 Å². The summed E-state index contributed by atoms with van der Waals surface area (Å²) in [4.78, 5) is 0.323. The Hall–Kier alpha value is -2.01. The molecule has 0 fully saturated rings. The zero-order valence-electron chi connectivity index (χ0n) is 12.6. The van der Waals surface area contributed by atoms with Crippen LogP contribution in [0.15, 0.2) is 47.4 Å². The van der Waals surface area contributed by atoms with E-state index in [1.54, 1.807) is 18.2 Å². The van der Waals surface area contributed by atoms with E-state index in [9.17, 15) is 8.42 Å². The minimum Gasteiger partial charge on any atom is -0.397 e. The predicted octanol–water partition coefficient (Wildman–Crippen LogP) is 2.97. The number of benzene rings is 2. The number of nitrogen functional groups attached to an aromatic ring is 1. The van der Waals surface area contributed by atoms with Gasteiger partial charge in [-0.25, -0.2) is 8.42 Å². The average Bonchev–Trinajstić information content (AvgIpc) is 2.94. The van der Waals surface area contributed by atoms with Crippen LogP contribution in [0, 0.1) is 0 Å². The number of fused-ring (bicyclic) bond motifs is 1. The van der Waals surface area contributed by atoms with E-state index in [1.165, 1.54) is 4.31 Å². The minimum absolute atomic E-state index is 0.323. The zero-order valence-corrected chi connectivity index (χ0v) is 13.4. The number of hydrogen-bond donors (Lipinski definition) is 1. The van der Waals surface area contributed by atoms with Gasteiger partial charge in [-0.2, -0.15) is 0 Å². The number of anilines is 2. The van der Waals surface area contributed by atoms with Crippen LogP contribution in [0.5, 0.6) is 0 Å². The highest BCUT2D eigenvalue weighted by atomic mass is 32.2. The van der Waals surface area contributed by atoms with Gasteiger partial charge in [0.15, 0.2) is 0 Å². The summed E-state index contributed by atoms with van der Waals surface area (Å²) in [5, 5.41) is 0. The van der Waals surface area contributed by atoms with Gasteiger partial charge in [0.1, 0.15) is 0 Å². The lowest BCUT2D eigenvalue weighted by atomic mass is 10.1. The Morgan fingerprint density at radius 1 is 1.14 bits per heavy atom. The Kier molecular flexibility index (Phi) is 3.83. The molecule has 2 aromatic rings. The second kappa shape index (κ2) is 5.65. The summed E-state index contributed by atoms with van der Waals surface area (Å²) >= 11 is 0. The van der Waals surface area contributed by atoms with Crippen LogP contribution in [0.1, 0.15) is 24.5 Å². The zero-order chi connectivity index (χ0) is 15.7. The Morgan fingerprint density at radius 2 is 1.86 bits per heavy atom. The third-order valence-corrected chi connectivity index (χ3v) is 5.85. The Balaban J connectivity index is 1.98. The summed E-state index contributed by atoms with van der Waals surface area (Å²) in [6, 6.07) is 12.7. The van der Waals surface area contributed by atoms with E-state index in [2.05, 4.69) is 6.92 Å². The largest absolute Gasteiger partial charge is 0.397 e. The molecular weight excluding hydrogens is 296 g/mol. The number of nitrogens with two attached hydrogens (primary N) is 1. The lowest BCUT2D eigenvalue weighted by Gasteiger charge is -2.21. The highest BCUT2D eigenvalue weighted by Crippen LogP contribution is 2.37. The summed E-state index contributed by atoms with van der Waals surface area (Å²) < 4.78 is 27.2. The first kappa shape index (κ1) is 14.9. The van der Waals surface area contributed by atoms with Crippen molar-refractivity contribution in [2.45, 2.75) is 31.1 Å². The van der Waals surface area contributed by atoms with Crippen LogP contribution >= 0.6 is 0 Å². The van der Waals surface area contributed by atoms with Crippen LogP contribution in [-0.4, -0.2) is 15.0 Å². The van der Waals surface area contributed by atoms with Gasteiger partial charge < -0.3 is 5.73 Å². The third kappa shape index (κ3) is 2.46. The predicted molar refractivity (Wildman–Crippen MR) is 89.5 cm³/mol. The molecule has 2 aromatic carbocycles. The minimum atomic E-state index is -3.55. The number of hydrogen-bond acceptors (Lipinski definition) is 3. The van der Waals surface area contributed by atoms with E-state index in [-0.39, 0.29) is 0 Å². The number of aryl methyl sites for hydroxylation is 1. The second-order valence-corrected chi connectivity index (χ2v) is 7.44. The maximum Gasteiger partial charge on any atom is 0.264 e. The van der Waals surface area contributed by atoms with Crippen LogP contribution in [0.25, 0.3) is 0 Å². The first-order valence-electron chi connectivity index (χ1n) is 7.53. The molecule has 0 spiro atoms. The second-order valence-electron chi connectivity index (χ2n) is 5.58. The van der Waals surface area contributed by atoms with Crippen LogP contribution in [0.3, 0.4) is 0 Å². The summed E-state index contributed by atoms with van der Waals surface area (Å²) in [7, 11) is -3.55. The summed E-state index contributed by atoms with van der Waals surface area (Å²) in [6.45, 7) is 2.55. The van der Waals surface area contributed by atoms with E-state index >= 15 is 0 Å². The van der Waals surface area contributed by atoms with Gasteiger partial charge in [0, 0.05) is 6.54 Å². The fourth-order valence-electron chi connectivity index (χ4n) is 2.94. The van der Waals surface area contributed by atoms with E-state index in [1.807, 2.05) is 24.3 Å². The molecule has 0 amide bonds. The monoisotopic (exact) mass is 316 g/mol. The summed E-state index contributed by atoms with van der Waals surface area (Å²) in [6.07, 6.45) is 2.70. The van der Waals surface area contributed by atoms with Crippen molar-refractivity contribution in [2.75, 3.05) is 16.6 Å². The van der Waals surface area contributed by atoms with Crippen molar-refractivity contribution in [3.8, 4) is 0 Å². The molecule has 1 aliphatic heterocycles. The van der Waals surface area contributed by atoms with Crippen molar-refractivity contribution in [3.63, 3.8) is 0 Å². The van der Waals surface area contributed by atoms with Gasteiger partial charge in [-0.3, -0.25) is 4.31 Å². The molecule has 0 unspecified atom stereocenters. The number of sulfonamides is 1. The number of para-hydroxylation sites is 1.